The number of carbonyl (C=O) groups is 2. The fourth-order valence-corrected chi connectivity index (χ4v) is 5.20. The van der Waals surface area contributed by atoms with Gasteiger partial charge in [0.2, 0.25) is 11.8 Å². The molecule has 0 aliphatic carbocycles. The average Bonchev–Trinajstić information content (AvgIpc) is 3.30. The van der Waals surface area contributed by atoms with Crippen LogP contribution in [0.1, 0.15) is 92.9 Å². The second-order valence-corrected chi connectivity index (χ2v) is 12.6. The molecule has 214 valence electrons. The Bertz CT molecular complexity index is 1120. The van der Waals surface area contributed by atoms with E-state index in [9.17, 15) is 19.8 Å². The largest absolute Gasteiger partial charge is 0.493 e. The Morgan fingerprint density at radius 3 is 1.32 bits per heavy atom. The van der Waals surface area contributed by atoms with E-state index in [-0.39, 0.29) is 47.0 Å². The van der Waals surface area contributed by atoms with Crippen molar-refractivity contribution in [2.75, 3.05) is 0 Å². The van der Waals surface area contributed by atoms with Crippen LogP contribution in [0.15, 0.2) is 12.4 Å². The van der Waals surface area contributed by atoms with Crippen molar-refractivity contribution in [2.24, 2.45) is 10.8 Å². The lowest BCUT2D eigenvalue weighted by Crippen LogP contribution is -2.18. The van der Waals surface area contributed by atoms with Crippen LogP contribution in [0.25, 0.3) is 0 Å². The highest BCUT2D eigenvalue weighted by Crippen LogP contribution is 2.31. The Morgan fingerprint density at radius 1 is 0.684 bits per heavy atom. The van der Waals surface area contributed by atoms with Gasteiger partial charge in [0.05, 0.1) is 12.4 Å². The first-order valence-electron chi connectivity index (χ1n) is 13.7. The Labute approximate surface area is 237 Å². The third-order valence-electron chi connectivity index (χ3n) is 7.60. The molecule has 38 heavy (non-hydrogen) atoms. The molecule has 0 saturated heterocycles. The summed E-state index contributed by atoms with van der Waals surface area (Å²) in [5, 5.41) is 20.3. The molecule has 0 atom stereocenters. The van der Waals surface area contributed by atoms with E-state index in [2.05, 4.69) is 27.7 Å². The first kappa shape index (κ1) is 32.0. The lowest BCUT2D eigenvalue weighted by atomic mass is 9.82. The maximum absolute atomic E-state index is 12.5. The van der Waals surface area contributed by atoms with Gasteiger partial charge in [-0.2, -0.15) is 0 Å². The van der Waals surface area contributed by atoms with E-state index in [4.69, 9.17) is 24.4 Å². The van der Waals surface area contributed by atoms with Crippen molar-refractivity contribution >= 4 is 36.0 Å². The summed E-state index contributed by atoms with van der Waals surface area (Å²) in [6, 6.07) is 0. The van der Waals surface area contributed by atoms with E-state index < -0.39 is 0 Å². The highest BCUT2D eigenvalue weighted by molar-refractivity contribution is 7.71. The summed E-state index contributed by atoms with van der Waals surface area (Å²) in [7, 11) is 0. The molecule has 0 radical (unpaired) electrons. The number of nitrogens with zero attached hydrogens (tertiary/aromatic N) is 4. The summed E-state index contributed by atoms with van der Waals surface area (Å²) in [4.78, 5) is 25.0. The monoisotopic (exact) mass is 566 g/mol. The fourth-order valence-electron chi connectivity index (χ4n) is 4.47. The number of Topliss-reactive ketones (excluding diaryl/α,β-unsaturated/α-hetero) is 2. The van der Waals surface area contributed by atoms with Crippen LogP contribution >= 0.6 is 24.4 Å². The van der Waals surface area contributed by atoms with Crippen molar-refractivity contribution in [2.45, 2.75) is 119 Å². The van der Waals surface area contributed by atoms with E-state index in [1.807, 2.05) is 23.0 Å². The van der Waals surface area contributed by atoms with Crippen LogP contribution in [0.2, 0.25) is 0 Å². The minimum Gasteiger partial charge on any atom is -0.493 e. The van der Waals surface area contributed by atoms with Crippen LogP contribution < -0.4 is 0 Å². The highest BCUT2D eigenvalue weighted by Gasteiger charge is 2.23. The number of aryl methyl sites for hydroxylation is 2. The maximum Gasteiger partial charge on any atom is 0.210 e. The molecule has 2 heterocycles. The second kappa shape index (κ2) is 13.7. The van der Waals surface area contributed by atoms with Crippen molar-refractivity contribution in [1.82, 2.24) is 18.3 Å². The molecule has 0 aromatic carbocycles. The van der Waals surface area contributed by atoms with Crippen LogP contribution in [0, 0.1) is 20.4 Å². The standard InChI is InChI=1S/C28H46N4O4S2/c1-7-29-19-23(35)31(25(29)37)17-15-27(3,4)13-11-21(33)9-10-22(34)12-14-28(5,6)16-18-32-24(36)20-30(8-2)26(32)38/h19-20,35-36H,7-18H2,1-6H3. The van der Waals surface area contributed by atoms with Gasteiger partial charge in [-0.25, -0.2) is 0 Å². The van der Waals surface area contributed by atoms with Crippen molar-refractivity contribution < 1.29 is 19.8 Å². The Hall–Kier alpha value is -2.20. The third kappa shape index (κ3) is 9.22. The number of aromatic hydroxyl groups is 2. The van der Waals surface area contributed by atoms with Gasteiger partial charge in [0.25, 0.3) is 0 Å². The summed E-state index contributed by atoms with van der Waals surface area (Å²) in [5.41, 5.74) is -0.177. The summed E-state index contributed by atoms with van der Waals surface area (Å²) in [6.45, 7) is 15.1. The van der Waals surface area contributed by atoms with Gasteiger partial charge in [-0.1, -0.05) is 27.7 Å². The number of carbonyl (C=O) groups excluding carboxylic acids is 2. The first-order chi connectivity index (χ1) is 17.7. The summed E-state index contributed by atoms with van der Waals surface area (Å²) < 4.78 is 8.36. The van der Waals surface area contributed by atoms with Gasteiger partial charge in [-0.05, 0) is 74.8 Å². The number of rotatable bonds is 17. The quantitative estimate of drug-likeness (QED) is 0.204. The number of imidazole rings is 2. The van der Waals surface area contributed by atoms with E-state index in [0.717, 1.165) is 25.7 Å². The zero-order chi connectivity index (χ0) is 28.7. The molecule has 2 N–H and O–H groups in total. The number of aromatic nitrogens is 4. The predicted octanol–water partition coefficient (Wildman–Crippen LogP) is 6.81. The third-order valence-corrected chi connectivity index (χ3v) is 8.51. The molecule has 0 aliphatic heterocycles. The minimum atomic E-state index is -0.0886. The zero-order valence-electron chi connectivity index (χ0n) is 24.0. The average molecular weight is 567 g/mol. The van der Waals surface area contributed by atoms with Gasteiger partial charge in [0, 0.05) is 51.9 Å². The zero-order valence-corrected chi connectivity index (χ0v) is 25.6. The van der Waals surface area contributed by atoms with Gasteiger partial charge < -0.3 is 19.3 Å². The van der Waals surface area contributed by atoms with Crippen LogP contribution in [0.4, 0.5) is 0 Å². The van der Waals surface area contributed by atoms with Crippen LogP contribution in [0.3, 0.4) is 0 Å². The molecule has 0 amide bonds. The molecule has 0 saturated carbocycles. The fraction of sp³-hybridized carbons (Fsp3) is 0.714. The Morgan fingerprint density at radius 2 is 1.03 bits per heavy atom. The lowest BCUT2D eigenvalue weighted by molar-refractivity contribution is -0.124. The molecular weight excluding hydrogens is 520 g/mol. The predicted molar refractivity (Wildman–Crippen MR) is 156 cm³/mol. The SMILES string of the molecule is CCn1cc(O)n(CCC(C)(C)CCC(=O)CCC(=O)CCC(C)(C)CCn2c(O)cn(CC)c2=S)c1=S. The van der Waals surface area contributed by atoms with Crippen LogP contribution in [-0.2, 0) is 35.8 Å². The summed E-state index contributed by atoms with van der Waals surface area (Å²) in [6.07, 6.45) is 7.80. The Kier molecular flexibility index (Phi) is 11.6. The molecule has 2 rings (SSSR count). The molecular formula is C28H46N4O4S2. The van der Waals surface area contributed by atoms with E-state index in [1.54, 1.807) is 21.5 Å². The minimum absolute atomic E-state index is 0.0886. The van der Waals surface area contributed by atoms with Crippen LogP contribution in [-0.4, -0.2) is 40.0 Å². The molecule has 0 spiro atoms. The lowest BCUT2D eigenvalue weighted by Gasteiger charge is -2.25. The molecule has 0 unspecified atom stereocenters. The van der Waals surface area contributed by atoms with Crippen molar-refractivity contribution in [3.8, 4) is 11.8 Å². The normalized spacial score (nSPS) is 12.3. The molecule has 0 fully saturated rings. The van der Waals surface area contributed by atoms with Crippen LogP contribution in [0.5, 0.6) is 11.8 Å². The smallest absolute Gasteiger partial charge is 0.210 e. The van der Waals surface area contributed by atoms with Gasteiger partial charge in [0.15, 0.2) is 9.54 Å². The van der Waals surface area contributed by atoms with Gasteiger partial charge in [0.1, 0.15) is 11.6 Å². The number of ketones is 2. The highest BCUT2D eigenvalue weighted by atomic mass is 32.1. The number of hydrogen-bond donors (Lipinski definition) is 2. The van der Waals surface area contributed by atoms with Gasteiger partial charge >= 0.3 is 0 Å². The van der Waals surface area contributed by atoms with Crippen molar-refractivity contribution in [3.63, 3.8) is 0 Å². The van der Waals surface area contributed by atoms with E-state index >= 15 is 0 Å². The maximum atomic E-state index is 12.5. The molecule has 0 aliphatic rings. The molecule has 10 heteroatoms. The topological polar surface area (TPSA) is 94.3 Å². The van der Waals surface area contributed by atoms with Gasteiger partial charge in [-0.3, -0.25) is 18.7 Å². The molecule has 8 nitrogen and oxygen atoms in total. The van der Waals surface area contributed by atoms with Crippen molar-refractivity contribution in [1.29, 1.82) is 0 Å². The van der Waals surface area contributed by atoms with E-state index in [1.165, 1.54) is 0 Å². The molecule has 2 aromatic heterocycles. The molecule has 0 bridgehead atoms. The second-order valence-electron chi connectivity index (χ2n) is 11.8. The van der Waals surface area contributed by atoms with E-state index in [0.29, 0.717) is 48.6 Å². The van der Waals surface area contributed by atoms with Gasteiger partial charge in [-0.15, -0.1) is 0 Å². The number of hydrogen-bond acceptors (Lipinski definition) is 6. The van der Waals surface area contributed by atoms with Crippen molar-refractivity contribution in [3.05, 3.63) is 21.9 Å². The first-order valence-corrected chi connectivity index (χ1v) is 14.5. The molecule has 2 aromatic rings. The Balaban J connectivity index is 1.72. The summed E-state index contributed by atoms with van der Waals surface area (Å²) in [5.74, 6) is 0.575. The summed E-state index contributed by atoms with van der Waals surface area (Å²) >= 11 is 10.9.